The fourth-order valence-electron chi connectivity index (χ4n) is 4.16. The van der Waals surface area contributed by atoms with Gasteiger partial charge in [-0.15, -0.1) is 0 Å². The second kappa shape index (κ2) is 7.08. The van der Waals surface area contributed by atoms with Gasteiger partial charge in [-0.05, 0) is 42.1 Å². The Bertz CT molecular complexity index is 448. The van der Waals surface area contributed by atoms with Gasteiger partial charge in [0.2, 0.25) is 0 Å². The van der Waals surface area contributed by atoms with E-state index < -0.39 is 5.97 Å². The fourth-order valence-corrected chi connectivity index (χ4v) is 4.16. The first kappa shape index (κ1) is 16.0. The summed E-state index contributed by atoms with van der Waals surface area (Å²) < 4.78 is 0. The summed E-state index contributed by atoms with van der Waals surface area (Å²) in [5.74, 6) is 0.566. The van der Waals surface area contributed by atoms with Crippen molar-refractivity contribution >= 4 is 5.97 Å². The Labute approximate surface area is 127 Å². The number of hydrogen-bond donors (Lipinski definition) is 2. The summed E-state index contributed by atoms with van der Waals surface area (Å²) >= 11 is 0. The summed E-state index contributed by atoms with van der Waals surface area (Å²) in [5.41, 5.74) is 1.16. The number of hydrogen-bond acceptors (Lipinski definition) is 2. The molecule has 116 valence electrons. The van der Waals surface area contributed by atoms with Crippen LogP contribution in [0.4, 0.5) is 0 Å². The van der Waals surface area contributed by atoms with E-state index in [4.69, 9.17) is 0 Å². The van der Waals surface area contributed by atoms with Gasteiger partial charge >= 0.3 is 5.97 Å². The van der Waals surface area contributed by atoms with Gasteiger partial charge in [0.1, 0.15) is 0 Å². The third-order valence-electron chi connectivity index (χ3n) is 4.57. The first-order valence-corrected chi connectivity index (χ1v) is 7.95. The molecule has 21 heavy (non-hydrogen) atoms. The highest BCUT2D eigenvalue weighted by Gasteiger charge is 2.39. The molecule has 1 aromatic carbocycles. The Hall–Kier alpha value is -1.35. The molecule has 3 heteroatoms. The minimum absolute atomic E-state index is 0.0856. The SMILES string of the molecule is CC1CC(C)CC(CNCc2ccccc2)(CC(=O)O)C1. The maximum Gasteiger partial charge on any atom is 0.303 e. The zero-order valence-corrected chi connectivity index (χ0v) is 13.1. The van der Waals surface area contributed by atoms with Crippen LogP contribution in [0.1, 0.15) is 45.1 Å². The first-order valence-electron chi connectivity index (χ1n) is 7.95. The lowest BCUT2D eigenvalue weighted by molar-refractivity contribution is -0.140. The van der Waals surface area contributed by atoms with Gasteiger partial charge in [0.05, 0.1) is 6.42 Å². The van der Waals surface area contributed by atoms with Crippen molar-refractivity contribution < 1.29 is 9.90 Å². The average molecular weight is 289 g/mol. The molecule has 0 bridgehead atoms. The zero-order chi connectivity index (χ0) is 15.3. The molecule has 1 saturated carbocycles. The van der Waals surface area contributed by atoms with E-state index in [0.717, 1.165) is 25.9 Å². The molecule has 3 nitrogen and oxygen atoms in total. The predicted octanol–water partition coefficient (Wildman–Crippen LogP) is 3.69. The Morgan fingerprint density at radius 1 is 1.24 bits per heavy atom. The number of carboxylic acid groups (broad SMARTS) is 1. The van der Waals surface area contributed by atoms with Gasteiger partial charge in [0.15, 0.2) is 0 Å². The number of carbonyl (C=O) groups is 1. The molecule has 0 saturated heterocycles. The molecule has 1 aliphatic carbocycles. The van der Waals surface area contributed by atoms with Crippen LogP contribution in [0.15, 0.2) is 30.3 Å². The molecule has 0 amide bonds. The van der Waals surface area contributed by atoms with Gasteiger partial charge in [-0.1, -0.05) is 44.2 Å². The van der Waals surface area contributed by atoms with Crippen molar-refractivity contribution in [1.29, 1.82) is 0 Å². The second-order valence-electron chi connectivity index (χ2n) is 7.01. The predicted molar refractivity (Wildman–Crippen MR) is 85.0 cm³/mol. The lowest BCUT2D eigenvalue weighted by Gasteiger charge is -2.42. The number of carboxylic acids is 1. The molecule has 2 atom stereocenters. The van der Waals surface area contributed by atoms with Crippen LogP contribution in [0.5, 0.6) is 0 Å². The molecule has 0 spiro atoms. The van der Waals surface area contributed by atoms with Crippen molar-refractivity contribution in [3.8, 4) is 0 Å². The van der Waals surface area contributed by atoms with Crippen molar-refractivity contribution in [1.82, 2.24) is 5.32 Å². The topological polar surface area (TPSA) is 49.3 Å². The average Bonchev–Trinajstić information content (AvgIpc) is 2.37. The van der Waals surface area contributed by atoms with E-state index in [9.17, 15) is 9.90 Å². The van der Waals surface area contributed by atoms with Crippen LogP contribution in [0.25, 0.3) is 0 Å². The highest BCUT2D eigenvalue weighted by molar-refractivity contribution is 5.67. The normalized spacial score (nSPS) is 29.2. The summed E-state index contributed by atoms with van der Waals surface area (Å²) in [6.07, 6.45) is 3.54. The maximum absolute atomic E-state index is 11.3. The highest BCUT2D eigenvalue weighted by Crippen LogP contribution is 2.44. The number of nitrogens with one attached hydrogen (secondary N) is 1. The Morgan fingerprint density at radius 3 is 2.43 bits per heavy atom. The molecule has 0 radical (unpaired) electrons. The summed E-state index contributed by atoms with van der Waals surface area (Å²) in [5, 5.41) is 12.8. The molecular weight excluding hydrogens is 262 g/mol. The minimum atomic E-state index is -0.669. The van der Waals surface area contributed by atoms with Crippen LogP contribution in [-0.2, 0) is 11.3 Å². The van der Waals surface area contributed by atoms with E-state index >= 15 is 0 Å². The Balaban J connectivity index is 1.97. The highest BCUT2D eigenvalue weighted by atomic mass is 16.4. The van der Waals surface area contributed by atoms with Crippen LogP contribution in [0.2, 0.25) is 0 Å². The lowest BCUT2D eigenvalue weighted by atomic mass is 9.64. The second-order valence-corrected chi connectivity index (χ2v) is 7.01. The smallest absolute Gasteiger partial charge is 0.303 e. The number of benzene rings is 1. The quantitative estimate of drug-likeness (QED) is 0.839. The van der Waals surface area contributed by atoms with Gasteiger partial charge in [-0.25, -0.2) is 0 Å². The fraction of sp³-hybridized carbons (Fsp3) is 0.611. The van der Waals surface area contributed by atoms with Crippen molar-refractivity contribution in [2.24, 2.45) is 17.3 Å². The molecular formula is C18H27NO2. The molecule has 0 heterocycles. The van der Waals surface area contributed by atoms with Gasteiger partial charge in [-0.3, -0.25) is 4.79 Å². The maximum atomic E-state index is 11.3. The van der Waals surface area contributed by atoms with Crippen LogP contribution in [-0.4, -0.2) is 17.6 Å². The van der Waals surface area contributed by atoms with Gasteiger partial charge < -0.3 is 10.4 Å². The van der Waals surface area contributed by atoms with E-state index in [1.54, 1.807) is 0 Å². The molecule has 0 aliphatic heterocycles. The molecule has 1 aromatic rings. The molecule has 2 rings (SSSR count). The lowest BCUT2D eigenvalue weighted by Crippen LogP contribution is -2.41. The number of aliphatic carboxylic acids is 1. The van der Waals surface area contributed by atoms with Crippen LogP contribution in [0.3, 0.4) is 0 Å². The summed E-state index contributed by atoms with van der Waals surface area (Å²) in [6.45, 7) is 6.11. The molecule has 1 aliphatic rings. The van der Waals surface area contributed by atoms with Crippen molar-refractivity contribution in [3.05, 3.63) is 35.9 Å². The summed E-state index contributed by atoms with van der Waals surface area (Å²) in [6, 6.07) is 10.3. The summed E-state index contributed by atoms with van der Waals surface area (Å²) in [7, 11) is 0. The van der Waals surface area contributed by atoms with Crippen molar-refractivity contribution in [2.45, 2.75) is 46.1 Å². The standard InChI is InChI=1S/C18H27NO2/c1-14-8-15(2)10-18(9-14,11-17(20)21)13-19-12-16-6-4-3-5-7-16/h3-7,14-15,19H,8-13H2,1-2H3,(H,20,21). The third-order valence-corrected chi connectivity index (χ3v) is 4.57. The monoisotopic (exact) mass is 289 g/mol. The zero-order valence-electron chi connectivity index (χ0n) is 13.1. The summed E-state index contributed by atoms with van der Waals surface area (Å²) in [4.78, 5) is 11.3. The van der Waals surface area contributed by atoms with E-state index in [1.807, 2.05) is 18.2 Å². The van der Waals surface area contributed by atoms with E-state index in [0.29, 0.717) is 11.8 Å². The largest absolute Gasteiger partial charge is 0.481 e. The van der Waals surface area contributed by atoms with Gasteiger partial charge in [0, 0.05) is 13.1 Å². The molecule has 1 fully saturated rings. The number of rotatable bonds is 6. The molecule has 0 aromatic heterocycles. The third kappa shape index (κ3) is 4.85. The van der Waals surface area contributed by atoms with Crippen LogP contribution >= 0.6 is 0 Å². The van der Waals surface area contributed by atoms with E-state index in [1.165, 1.54) is 12.0 Å². The first-order chi connectivity index (χ1) is 9.99. The van der Waals surface area contributed by atoms with Crippen molar-refractivity contribution in [3.63, 3.8) is 0 Å². The Kier molecular flexibility index (Phi) is 5.40. The van der Waals surface area contributed by atoms with Crippen LogP contribution in [0, 0.1) is 17.3 Å². The van der Waals surface area contributed by atoms with E-state index in [2.05, 4.69) is 31.3 Å². The Morgan fingerprint density at radius 2 is 1.86 bits per heavy atom. The molecule has 2 N–H and O–H groups in total. The molecule has 2 unspecified atom stereocenters. The minimum Gasteiger partial charge on any atom is -0.481 e. The van der Waals surface area contributed by atoms with Crippen molar-refractivity contribution in [2.75, 3.05) is 6.54 Å². The van der Waals surface area contributed by atoms with Crippen LogP contribution < -0.4 is 5.32 Å². The van der Waals surface area contributed by atoms with Gasteiger partial charge in [0.25, 0.3) is 0 Å². The van der Waals surface area contributed by atoms with E-state index in [-0.39, 0.29) is 11.8 Å². The van der Waals surface area contributed by atoms with Gasteiger partial charge in [-0.2, -0.15) is 0 Å².